The number of rotatable bonds is 3. The van der Waals surface area contributed by atoms with Crippen LogP contribution in [0.5, 0.6) is 0 Å². The number of urea groups is 1. The van der Waals surface area contributed by atoms with Crippen molar-refractivity contribution >= 4 is 29.3 Å². The molecule has 0 aliphatic carbocycles. The van der Waals surface area contributed by atoms with Gasteiger partial charge in [0.2, 0.25) is 0 Å². The first kappa shape index (κ1) is 27.5. The molecule has 8 heteroatoms. The van der Waals surface area contributed by atoms with E-state index in [0.29, 0.717) is 12.8 Å². The van der Waals surface area contributed by atoms with Gasteiger partial charge in [0.1, 0.15) is 5.54 Å². The summed E-state index contributed by atoms with van der Waals surface area (Å²) < 4.78 is 0. The molecule has 0 unspecified atom stereocenters. The number of imide groups is 1. The fourth-order valence-electron chi connectivity index (χ4n) is 5.91. The Labute approximate surface area is 225 Å². The molecule has 204 valence electrons. The van der Waals surface area contributed by atoms with Gasteiger partial charge in [-0.2, -0.15) is 0 Å². The van der Waals surface area contributed by atoms with E-state index in [1.54, 1.807) is 19.0 Å². The van der Waals surface area contributed by atoms with Gasteiger partial charge in [-0.3, -0.25) is 14.5 Å². The molecule has 3 aliphatic rings. The van der Waals surface area contributed by atoms with Crippen molar-refractivity contribution in [1.82, 2.24) is 9.80 Å². The molecule has 0 aromatic heterocycles. The SMILES string of the molecule is Cc1ccccc1N1CCC(C)(C(=O)O)CC1.Cc1ccccc1N1CCC2(CC1)C(=O)N(C)C(=O)N2C. The molecule has 0 bridgehead atoms. The third kappa shape index (κ3) is 4.96. The molecule has 3 fully saturated rings. The average molecular weight is 521 g/mol. The van der Waals surface area contributed by atoms with E-state index in [0.717, 1.165) is 39.0 Å². The molecular weight excluding hydrogens is 480 g/mol. The predicted octanol–water partition coefficient (Wildman–Crippen LogP) is 4.54. The molecular formula is C30H40N4O4. The van der Waals surface area contributed by atoms with Gasteiger partial charge in [-0.25, -0.2) is 4.79 Å². The molecule has 3 aliphatic heterocycles. The van der Waals surface area contributed by atoms with Crippen LogP contribution in [0.2, 0.25) is 0 Å². The van der Waals surface area contributed by atoms with Gasteiger partial charge in [-0.15, -0.1) is 0 Å². The third-order valence-corrected chi connectivity index (χ3v) is 8.80. The Morgan fingerprint density at radius 1 is 0.763 bits per heavy atom. The highest BCUT2D eigenvalue weighted by Gasteiger charge is 2.55. The van der Waals surface area contributed by atoms with Crippen LogP contribution in [0.25, 0.3) is 0 Å². The van der Waals surface area contributed by atoms with Gasteiger partial charge in [0, 0.05) is 51.6 Å². The van der Waals surface area contributed by atoms with Crippen molar-refractivity contribution in [1.29, 1.82) is 0 Å². The van der Waals surface area contributed by atoms with Crippen molar-refractivity contribution in [3.63, 3.8) is 0 Å². The highest BCUT2D eigenvalue weighted by molar-refractivity contribution is 6.06. The minimum atomic E-state index is -0.665. The summed E-state index contributed by atoms with van der Waals surface area (Å²) in [4.78, 5) is 43.1. The van der Waals surface area contributed by atoms with Gasteiger partial charge in [0.25, 0.3) is 5.91 Å². The van der Waals surface area contributed by atoms with Crippen molar-refractivity contribution in [2.75, 3.05) is 50.1 Å². The van der Waals surface area contributed by atoms with Crippen molar-refractivity contribution in [3.05, 3.63) is 59.7 Å². The number of hydrogen-bond donors (Lipinski definition) is 1. The van der Waals surface area contributed by atoms with E-state index in [1.807, 2.05) is 31.2 Å². The zero-order valence-corrected chi connectivity index (χ0v) is 23.2. The summed E-state index contributed by atoms with van der Waals surface area (Å²) in [6.45, 7) is 9.29. The van der Waals surface area contributed by atoms with Gasteiger partial charge in [-0.05, 0) is 69.7 Å². The lowest BCUT2D eigenvalue weighted by Gasteiger charge is -2.42. The number of nitrogens with zero attached hydrogens (tertiary/aromatic N) is 4. The zero-order chi connectivity index (χ0) is 27.7. The van der Waals surface area contributed by atoms with E-state index >= 15 is 0 Å². The fraction of sp³-hybridized carbons (Fsp3) is 0.500. The Morgan fingerprint density at radius 3 is 1.55 bits per heavy atom. The number of anilines is 2. The Kier molecular flexibility index (Phi) is 7.72. The van der Waals surface area contributed by atoms with Crippen LogP contribution in [0.15, 0.2) is 48.5 Å². The Hall–Kier alpha value is -3.55. The maximum atomic E-state index is 12.5. The summed E-state index contributed by atoms with van der Waals surface area (Å²) in [7, 11) is 3.32. The van der Waals surface area contributed by atoms with E-state index in [1.165, 1.54) is 27.4 Å². The summed E-state index contributed by atoms with van der Waals surface area (Å²) >= 11 is 0. The molecule has 8 nitrogen and oxygen atoms in total. The number of benzene rings is 2. The maximum Gasteiger partial charge on any atom is 0.327 e. The summed E-state index contributed by atoms with van der Waals surface area (Å²) in [5.74, 6) is -0.721. The average Bonchev–Trinajstić information content (AvgIpc) is 3.07. The third-order valence-electron chi connectivity index (χ3n) is 8.80. The molecule has 3 amide bonds. The lowest BCUT2D eigenvalue weighted by atomic mass is 9.80. The van der Waals surface area contributed by atoms with Crippen molar-refractivity contribution in [3.8, 4) is 0 Å². The normalized spacial score (nSPS) is 20.4. The Balaban J connectivity index is 0.000000181. The van der Waals surface area contributed by atoms with Crippen LogP contribution in [0.3, 0.4) is 0 Å². The first-order valence-electron chi connectivity index (χ1n) is 13.4. The van der Waals surface area contributed by atoms with Crippen LogP contribution in [0.1, 0.15) is 43.7 Å². The van der Waals surface area contributed by atoms with E-state index in [9.17, 15) is 19.5 Å². The molecule has 1 N–H and O–H groups in total. The second-order valence-electron chi connectivity index (χ2n) is 11.2. The van der Waals surface area contributed by atoms with Crippen molar-refractivity contribution in [2.45, 2.75) is 52.0 Å². The molecule has 2 aromatic carbocycles. The van der Waals surface area contributed by atoms with Crippen LogP contribution < -0.4 is 9.80 Å². The number of hydrogen-bond acceptors (Lipinski definition) is 5. The van der Waals surface area contributed by atoms with Crippen LogP contribution in [0, 0.1) is 19.3 Å². The van der Waals surface area contributed by atoms with Gasteiger partial charge in [0.15, 0.2) is 0 Å². The quantitative estimate of drug-likeness (QED) is 0.598. The van der Waals surface area contributed by atoms with Crippen molar-refractivity contribution < 1.29 is 19.5 Å². The first-order chi connectivity index (χ1) is 18.0. The molecule has 5 rings (SSSR count). The van der Waals surface area contributed by atoms with E-state index in [2.05, 4.69) is 47.9 Å². The highest BCUT2D eigenvalue weighted by Crippen LogP contribution is 2.37. The molecule has 0 atom stereocenters. The Morgan fingerprint density at radius 2 is 1.18 bits per heavy atom. The second-order valence-corrected chi connectivity index (χ2v) is 11.2. The Bertz CT molecular complexity index is 1200. The predicted molar refractivity (Wildman–Crippen MR) is 150 cm³/mol. The van der Waals surface area contributed by atoms with Crippen molar-refractivity contribution in [2.24, 2.45) is 5.41 Å². The molecule has 3 heterocycles. The minimum Gasteiger partial charge on any atom is -0.481 e. The van der Waals surface area contributed by atoms with E-state index in [-0.39, 0.29) is 11.9 Å². The number of piperidine rings is 2. The number of amides is 3. The summed E-state index contributed by atoms with van der Waals surface area (Å²) in [5, 5.41) is 9.19. The van der Waals surface area contributed by atoms with E-state index in [4.69, 9.17) is 0 Å². The second kappa shape index (κ2) is 10.7. The molecule has 0 saturated carbocycles. The highest BCUT2D eigenvalue weighted by atomic mass is 16.4. The van der Waals surface area contributed by atoms with Crippen LogP contribution in [-0.2, 0) is 9.59 Å². The lowest BCUT2D eigenvalue weighted by Crippen LogP contribution is -2.55. The maximum absolute atomic E-state index is 12.5. The number of carboxylic acids is 1. The lowest BCUT2D eigenvalue weighted by molar-refractivity contribution is -0.149. The van der Waals surface area contributed by atoms with Gasteiger partial charge >= 0.3 is 12.0 Å². The summed E-state index contributed by atoms with van der Waals surface area (Å²) in [5.41, 5.74) is 3.78. The fourth-order valence-corrected chi connectivity index (χ4v) is 5.91. The number of para-hydroxylation sites is 2. The molecule has 38 heavy (non-hydrogen) atoms. The number of carboxylic acid groups (broad SMARTS) is 1. The van der Waals surface area contributed by atoms with Gasteiger partial charge < -0.3 is 19.8 Å². The first-order valence-corrected chi connectivity index (χ1v) is 13.4. The smallest absolute Gasteiger partial charge is 0.327 e. The van der Waals surface area contributed by atoms with Crippen LogP contribution >= 0.6 is 0 Å². The molecule has 0 radical (unpaired) electrons. The summed E-state index contributed by atoms with van der Waals surface area (Å²) in [6, 6.07) is 16.4. The number of carbonyl (C=O) groups excluding carboxylic acids is 2. The topological polar surface area (TPSA) is 84.4 Å². The number of aliphatic carboxylic acids is 1. The molecule has 3 saturated heterocycles. The zero-order valence-electron chi connectivity index (χ0n) is 23.2. The summed E-state index contributed by atoms with van der Waals surface area (Å²) in [6.07, 6.45) is 2.81. The minimum absolute atomic E-state index is 0.0561. The number of carbonyl (C=O) groups is 3. The monoisotopic (exact) mass is 520 g/mol. The molecule has 2 aromatic rings. The largest absolute Gasteiger partial charge is 0.481 e. The van der Waals surface area contributed by atoms with Crippen LogP contribution in [0.4, 0.5) is 16.2 Å². The number of aryl methyl sites for hydroxylation is 2. The van der Waals surface area contributed by atoms with Crippen LogP contribution in [-0.4, -0.2) is 78.6 Å². The van der Waals surface area contributed by atoms with Gasteiger partial charge in [-0.1, -0.05) is 36.4 Å². The van der Waals surface area contributed by atoms with E-state index < -0.39 is 16.9 Å². The standard InChI is InChI=1S/C16H21N3O2.C14H19NO2/c1-12-6-4-5-7-13(12)19-10-8-16(9-11-19)14(20)17(2)15(21)18(16)3;1-11-5-3-4-6-12(11)15-9-7-14(2,8-10-15)13(16)17/h4-7H,8-11H2,1-3H3;3-6H,7-10H2,1-2H3,(H,16,17). The van der Waals surface area contributed by atoms with Gasteiger partial charge in [0.05, 0.1) is 5.41 Å². The molecule has 1 spiro atoms. The number of likely N-dealkylation sites (N-methyl/N-ethyl adjacent to an activating group) is 2.